The first kappa shape index (κ1) is 16.9. The molecule has 2 aliphatic heterocycles. The van der Waals surface area contributed by atoms with Gasteiger partial charge in [0.05, 0.1) is 17.2 Å². The normalized spacial score (nSPS) is 24.8. The number of sulfone groups is 1. The molecule has 0 saturated carbocycles. The van der Waals surface area contributed by atoms with Crippen molar-refractivity contribution in [2.24, 2.45) is 5.92 Å². The molecule has 0 aliphatic carbocycles. The summed E-state index contributed by atoms with van der Waals surface area (Å²) in [5.41, 5.74) is 1.11. The molecular formula is C16H23NO4S2. The summed E-state index contributed by atoms with van der Waals surface area (Å²) in [5, 5.41) is 0. The molecule has 2 aliphatic rings. The van der Waals surface area contributed by atoms with Crippen molar-refractivity contribution < 1.29 is 17.9 Å². The Morgan fingerprint density at radius 3 is 2.70 bits per heavy atom. The Hall–Kier alpha value is -0.920. The molecule has 0 radical (unpaired) electrons. The molecule has 3 rings (SSSR count). The molecule has 23 heavy (non-hydrogen) atoms. The molecule has 3 heterocycles. The number of hydrogen-bond acceptors (Lipinski definition) is 5. The van der Waals surface area contributed by atoms with Gasteiger partial charge in [-0.2, -0.15) is 0 Å². The van der Waals surface area contributed by atoms with Crippen molar-refractivity contribution in [3.8, 4) is 0 Å². The molecule has 7 heteroatoms. The monoisotopic (exact) mass is 357 g/mol. The minimum absolute atomic E-state index is 0.00306. The first-order chi connectivity index (χ1) is 10.8. The second kappa shape index (κ2) is 5.86. The highest BCUT2D eigenvalue weighted by molar-refractivity contribution is 7.93. The summed E-state index contributed by atoms with van der Waals surface area (Å²) in [5.74, 6) is 0.168. The van der Waals surface area contributed by atoms with Gasteiger partial charge in [-0.25, -0.2) is 8.42 Å². The van der Waals surface area contributed by atoms with Gasteiger partial charge in [0.2, 0.25) is 0 Å². The third-order valence-electron chi connectivity index (χ3n) is 5.20. The number of thiophene rings is 1. The van der Waals surface area contributed by atoms with Crippen LogP contribution in [0, 0.1) is 19.8 Å². The standard InChI is InChI=1S/C16H23NO4S2/c1-4-21-8-13-5-6-23(19,20)16(13)9-17(10-16)15(18)14-7-11(2)12(3)22-14/h7,13H,4-6,8-10H2,1-3H3. The van der Waals surface area contributed by atoms with Crippen LogP contribution >= 0.6 is 11.3 Å². The smallest absolute Gasteiger partial charge is 0.264 e. The van der Waals surface area contributed by atoms with Gasteiger partial charge in [-0.1, -0.05) is 0 Å². The lowest BCUT2D eigenvalue weighted by Gasteiger charge is -2.49. The Morgan fingerprint density at radius 1 is 1.43 bits per heavy atom. The second-order valence-electron chi connectivity index (χ2n) is 6.54. The largest absolute Gasteiger partial charge is 0.381 e. The van der Waals surface area contributed by atoms with Gasteiger partial charge in [0.1, 0.15) is 4.75 Å². The maximum Gasteiger partial charge on any atom is 0.264 e. The highest BCUT2D eigenvalue weighted by Gasteiger charge is 2.62. The Labute approximate surface area is 141 Å². The number of amides is 1. The van der Waals surface area contributed by atoms with Gasteiger partial charge >= 0.3 is 0 Å². The maximum atomic E-state index is 12.6. The van der Waals surface area contributed by atoms with E-state index in [0.717, 1.165) is 10.4 Å². The van der Waals surface area contributed by atoms with Crippen LogP contribution in [0.4, 0.5) is 0 Å². The van der Waals surface area contributed by atoms with Crippen molar-refractivity contribution >= 4 is 27.1 Å². The van der Waals surface area contributed by atoms with Crippen LogP contribution in [0.2, 0.25) is 0 Å². The predicted molar refractivity (Wildman–Crippen MR) is 90.8 cm³/mol. The van der Waals surface area contributed by atoms with E-state index in [2.05, 4.69) is 0 Å². The number of ether oxygens (including phenoxy) is 1. The van der Waals surface area contributed by atoms with E-state index < -0.39 is 14.6 Å². The van der Waals surface area contributed by atoms with E-state index in [0.29, 0.717) is 37.6 Å². The fraction of sp³-hybridized carbons (Fsp3) is 0.688. The molecule has 1 unspecified atom stereocenters. The van der Waals surface area contributed by atoms with Gasteiger partial charge in [0, 0.05) is 30.5 Å². The van der Waals surface area contributed by atoms with Crippen LogP contribution in [0.15, 0.2) is 6.07 Å². The van der Waals surface area contributed by atoms with Gasteiger partial charge in [-0.05, 0) is 38.8 Å². The molecule has 5 nitrogen and oxygen atoms in total. The van der Waals surface area contributed by atoms with Crippen molar-refractivity contribution in [2.45, 2.75) is 31.9 Å². The van der Waals surface area contributed by atoms with Gasteiger partial charge in [-0.3, -0.25) is 4.79 Å². The fourth-order valence-corrected chi connectivity index (χ4v) is 6.95. The maximum absolute atomic E-state index is 12.6. The molecule has 2 saturated heterocycles. The Kier molecular flexibility index (Phi) is 4.31. The molecule has 128 valence electrons. The molecule has 1 amide bonds. The minimum Gasteiger partial charge on any atom is -0.381 e. The van der Waals surface area contributed by atoms with Gasteiger partial charge in [0.15, 0.2) is 9.84 Å². The van der Waals surface area contributed by atoms with E-state index in [4.69, 9.17) is 4.74 Å². The van der Waals surface area contributed by atoms with E-state index in [-0.39, 0.29) is 17.6 Å². The van der Waals surface area contributed by atoms with Crippen molar-refractivity contribution in [1.82, 2.24) is 4.90 Å². The topological polar surface area (TPSA) is 63.7 Å². The van der Waals surface area contributed by atoms with E-state index in [1.807, 2.05) is 26.8 Å². The summed E-state index contributed by atoms with van der Waals surface area (Å²) in [6, 6.07) is 1.90. The minimum atomic E-state index is -3.15. The summed E-state index contributed by atoms with van der Waals surface area (Å²) in [6.45, 7) is 7.56. The number of nitrogens with zero attached hydrogens (tertiary/aromatic N) is 1. The Bertz CT molecular complexity index is 697. The van der Waals surface area contributed by atoms with Crippen LogP contribution in [0.5, 0.6) is 0 Å². The second-order valence-corrected chi connectivity index (χ2v) is 10.2. The number of aryl methyl sites for hydroxylation is 2. The van der Waals surface area contributed by atoms with Gasteiger partial charge in [-0.15, -0.1) is 11.3 Å². The summed E-state index contributed by atoms with van der Waals surface area (Å²) in [6.07, 6.45) is 0.640. The van der Waals surface area contributed by atoms with Crippen LogP contribution < -0.4 is 0 Å². The van der Waals surface area contributed by atoms with Crippen molar-refractivity contribution in [3.05, 3.63) is 21.4 Å². The molecule has 0 aromatic carbocycles. The molecule has 1 aromatic heterocycles. The van der Waals surface area contributed by atoms with Crippen molar-refractivity contribution in [1.29, 1.82) is 0 Å². The Morgan fingerprint density at radius 2 is 2.13 bits per heavy atom. The first-order valence-corrected chi connectivity index (χ1v) is 10.4. The van der Waals surface area contributed by atoms with E-state index >= 15 is 0 Å². The number of rotatable bonds is 4. The summed E-state index contributed by atoms with van der Waals surface area (Å²) < 4.78 is 29.7. The molecular weight excluding hydrogens is 334 g/mol. The lowest BCUT2D eigenvalue weighted by atomic mass is 9.83. The zero-order valence-electron chi connectivity index (χ0n) is 13.8. The van der Waals surface area contributed by atoms with E-state index in [1.165, 1.54) is 11.3 Å². The zero-order valence-corrected chi connectivity index (χ0v) is 15.4. The van der Waals surface area contributed by atoms with Crippen LogP contribution in [0.25, 0.3) is 0 Å². The quantitative estimate of drug-likeness (QED) is 0.827. The van der Waals surface area contributed by atoms with Gasteiger partial charge < -0.3 is 9.64 Å². The third-order valence-corrected chi connectivity index (χ3v) is 8.95. The lowest BCUT2D eigenvalue weighted by Crippen LogP contribution is -2.68. The molecule has 1 atom stereocenters. The number of carbonyl (C=O) groups excluding carboxylic acids is 1. The lowest BCUT2D eigenvalue weighted by molar-refractivity contribution is 0.0274. The van der Waals surface area contributed by atoms with Gasteiger partial charge in [0.25, 0.3) is 5.91 Å². The molecule has 0 bridgehead atoms. The molecule has 0 N–H and O–H groups in total. The molecule has 1 spiro atoms. The highest BCUT2D eigenvalue weighted by Crippen LogP contribution is 2.45. The molecule has 2 fully saturated rings. The van der Waals surface area contributed by atoms with Crippen molar-refractivity contribution in [2.75, 3.05) is 32.1 Å². The number of likely N-dealkylation sites (tertiary alicyclic amines) is 1. The van der Waals surface area contributed by atoms with E-state index in [1.54, 1.807) is 4.90 Å². The predicted octanol–water partition coefficient (Wildman–Crippen LogP) is 2.03. The fourth-order valence-electron chi connectivity index (χ4n) is 3.55. The van der Waals surface area contributed by atoms with Crippen LogP contribution in [-0.4, -0.2) is 56.0 Å². The summed E-state index contributed by atoms with van der Waals surface area (Å²) in [7, 11) is -3.15. The van der Waals surface area contributed by atoms with E-state index in [9.17, 15) is 13.2 Å². The number of carbonyl (C=O) groups is 1. The summed E-state index contributed by atoms with van der Waals surface area (Å²) in [4.78, 5) is 16.1. The molecule has 1 aromatic rings. The Balaban J connectivity index is 1.75. The van der Waals surface area contributed by atoms with Crippen LogP contribution in [0.3, 0.4) is 0 Å². The third kappa shape index (κ3) is 2.62. The van der Waals surface area contributed by atoms with Crippen LogP contribution in [0.1, 0.15) is 33.5 Å². The summed E-state index contributed by atoms with van der Waals surface area (Å²) >= 11 is 1.48. The number of hydrogen-bond donors (Lipinski definition) is 0. The van der Waals surface area contributed by atoms with Crippen molar-refractivity contribution in [3.63, 3.8) is 0 Å². The average molecular weight is 357 g/mol. The highest BCUT2D eigenvalue weighted by atomic mass is 32.2. The van der Waals surface area contributed by atoms with Crippen LogP contribution in [-0.2, 0) is 14.6 Å². The zero-order chi connectivity index (χ0) is 16.8. The average Bonchev–Trinajstić information content (AvgIpc) is 2.91. The SMILES string of the molecule is CCOCC1CCS(=O)(=O)C12CN(C(=O)c1cc(C)c(C)s1)C2. The first-order valence-electron chi connectivity index (χ1n) is 7.97.